The van der Waals surface area contributed by atoms with Gasteiger partial charge < -0.3 is 10.6 Å². The van der Waals surface area contributed by atoms with E-state index >= 15 is 0 Å². The first kappa shape index (κ1) is 18.0. The Morgan fingerprint density at radius 2 is 1.43 bits per heavy atom. The van der Waals surface area contributed by atoms with Crippen LogP contribution in [-0.4, -0.2) is 22.8 Å². The van der Waals surface area contributed by atoms with Crippen LogP contribution in [-0.2, 0) is 0 Å². The van der Waals surface area contributed by atoms with Crippen LogP contribution < -0.4 is 15.5 Å². The van der Waals surface area contributed by atoms with Gasteiger partial charge in [0, 0.05) is 11.4 Å². The lowest BCUT2D eigenvalue weighted by atomic mass is 10.1. The number of para-hydroxylation sites is 1. The molecule has 0 radical (unpaired) electrons. The topological polar surface area (TPSA) is 91.4 Å². The van der Waals surface area contributed by atoms with Crippen molar-refractivity contribution in [3.63, 3.8) is 0 Å². The van der Waals surface area contributed by atoms with Gasteiger partial charge in [0.2, 0.25) is 5.13 Å². The maximum atomic E-state index is 12.7. The summed E-state index contributed by atoms with van der Waals surface area (Å²) < 4.78 is 0.749. The molecule has 0 spiro atoms. The smallest absolute Gasteiger partial charge is 0.308 e. The summed E-state index contributed by atoms with van der Waals surface area (Å²) in [7, 11) is 0. The lowest BCUT2D eigenvalue weighted by molar-refractivity contribution is 0.0926. The maximum Gasteiger partial charge on any atom is 0.323 e. The van der Waals surface area contributed by atoms with Gasteiger partial charge in [0.05, 0.1) is 21.3 Å². The molecule has 0 saturated heterocycles. The van der Waals surface area contributed by atoms with Gasteiger partial charge in [-0.15, -0.1) is 0 Å². The van der Waals surface area contributed by atoms with E-state index in [0.717, 1.165) is 9.60 Å². The van der Waals surface area contributed by atoms with Gasteiger partial charge in [-0.3, -0.25) is 9.59 Å². The normalized spacial score (nSPS) is 12.9. The first-order valence-corrected chi connectivity index (χ1v) is 9.93. The van der Waals surface area contributed by atoms with Crippen molar-refractivity contribution in [2.75, 3.05) is 15.5 Å². The Labute approximate surface area is 175 Å². The van der Waals surface area contributed by atoms with Gasteiger partial charge in [0.15, 0.2) is 0 Å². The molecule has 2 N–H and O–H groups in total. The molecule has 7 nitrogen and oxygen atoms in total. The van der Waals surface area contributed by atoms with Crippen LogP contribution in [0, 0.1) is 0 Å². The maximum absolute atomic E-state index is 12.7. The number of anilines is 3. The zero-order valence-corrected chi connectivity index (χ0v) is 16.3. The van der Waals surface area contributed by atoms with Crippen LogP contribution in [0.25, 0.3) is 10.2 Å². The highest BCUT2D eigenvalue weighted by Gasteiger charge is 2.38. The number of imide groups is 1. The summed E-state index contributed by atoms with van der Waals surface area (Å²) in [5.41, 5.74) is 2.65. The number of rotatable bonds is 3. The van der Waals surface area contributed by atoms with Crippen molar-refractivity contribution in [3.8, 4) is 0 Å². The van der Waals surface area contributed by atoms with Gasteiger partial charge in [0.25, 0.3) is 11.8 Å². The molecular formula is C22H14N4O3S. The van der Waals surface area contributed by atoms with E-state index in [-0.39, 0.29) is 17.8 Å². The molecule has 2 heterocycles. The standard InChI is InChI=1S/C22H14N4O3S/c27-19-15-8-4-5-9-16(15)20(28)26(19)22-25-17-11-10-14(12-18(17)30-22)24-21(29)23-13-6-2-1-3-7-13/h1-12H,(H2,23,24,29). The van der Waals surface area contributed by atoms with Crippen LogP contribution in [0.3, 0.4) is 0 Å². The zero-order valence-electron chi connectivity index (χ0n) is 15.5. The number of carbonyl (C=O) groups is 3. The number of hydrogen-bond donors (Lipinski definition) is 2. The second-order valence-corrected chi connectivity index (χ2v) is 7.62. The summed E-state index contributed by atoms with van der Waals surface area (Å²) in [6, 6.07) is 20.7. The molecule has 146 valence electrons. The van der Waals surface area contributed by atoms with Crippen molar-refractivity contribution in [2.24, 2.45) is 0 Å². The molecule has 0 fully saturated rings. The molecule has 4 aromatic rings. The Bertz CT molecular complexity index is 1280. The Morgan fingerprint density at radius 1 is 0.800 bits per heavy atom. The molecule has 0 saturated carbocycles. The Balaban J connectivity index is 1.39. The third-order valence-corrected chi connectivity index (χ3v) is 5.66. The molecule has 0 unspecified atom stereocenters. The molecule has 0 bridgehead atoms. The van der Waals surface area contributed by atoms with Gasteiger partial charge >= 0.3 is 6.03 Å². The number of amides is 4. The minimum atomic E-state index is -0.379. The van der Waals surface area contributed by atoms with Gasteiger partial charge in [-0.1, -0.05) is 41.7 Å². The Morgan fingerprint density at radius 3 is 2.13 bits per heavy atom. The lowest BCUT2D eigenvalue weighted by Gasteiger charge is -2.08. The van der Waals surface area contributed by atoms with Crippen molar-refractivity contribution in [1.29, 1.82) is 0 Å². The third kappa shape index (κ3) is 3.09. The summed E-state index contributed by atoms with van der Waals surface area (Å²) >= 11 is 1.22. The minimum Gasteiger partial charge on any atom is -0.308 e. The number of aromatic nitrogens is 1. The quantitative estimate of drug-likeness (QED) is 0.474. The Kier molecular flexibility index (Phi) is 4.26. The number of fused-ring (bicyclic) bond motifs is 2. The summed E-state index contributed by atoms with van der Waals surface area (Å²) in [5, 5.41) is 5.83. The van der Waals surface area contributed by atoms with Crippen molar-refractivity contribution in [3.05, 3.63) is 83.9 Å². The van der Waals surface area contributed by atoms with Gasteiger partial charge in [-0.2, -0.15) is 0 Å². The number of benzene rings is 3. The minimum absolute atomic E-state index is 0.307. The summed E-state index contributed by atoms with van der Waals surface area (Å²) in [6.45, 7) is 0. The van der Waals surface area contributed by atoms with Crippen molar-refractivity contribution in [2.45, 2.75) is 0 Å². The SMILES string of the molecule is O=C(Nc1ccccc1)Nc1ccc2nc(N3C(=O)c4ccccc4C3=O)sc2c1. The summed E-state index contributed by atoms with van der Waals surface area (Å²) in [4.78, 5) is 43.1. The van der Waals surface area contributed by atoms with Crippen LogP contribution in [0.5, 0.6) is 0 Å². The fourth-order valence-electron chi connectivity index (χ4n) is 3.26. The summed E-state index contributed by atoms with van der Waals surface area (Å²) in [5.74, 6) is -0.759. The average molecular weight is 414 g/mol. The molecule has 1 aromatic heterocycles. The molecule has 30 heavy (non-hydrogen) atoms. The van der Waals surface area contributed by atoms with Crippen LogP contribution in [0.4, 0.5) is 21.3 Å². The Hall–Kier alpha value is -4.04. The molecule has 0 aliphatic carbocycles. The zero-order chi connectivity index (χ0) is 20.7. The highest BCUT2D eigenvalue weighted by atomic mass is 32.1. The molecular weight excluding hydrogens is 400 g/mol. The van der Waals surface area contributed by atoms with E-state index in [1.165, 1.54) is 11.3 Å². The van der Waals surface area contributed by atoms with E-state index < -0.39 is 0 Å². The number of hydrogen-bond acceptors (Lipinski definition) is 5. The first-order chi connectivity index (χ1) is 14.6. The van der Waals surface area contributed by atoms with Crippen LogP contribution in [0.2, 0.25) is 0 Å². The fraction of sp³-hybridized carbons (Fsp3) is 0. The molecule has 5 rings (SSSR count). The van der Waals surface area contributed by atoms with E-state index in [1.807, 2.05) is 18.2 Å². The monoisotopic (exact) mass is 414 g/mol. The van der Waals surface area contributed by atoms with E-state index in [9.17, 15) is 14.4 Å². The van der Waals surface area contributed by atoms with E-state index in [4.69, 9.17) is 0 Å². The fourth-order valence-corrected chi connectivity index (χ4v) is 4.27. The largest absolute Gasteiger partial charge is 0.323 e. The number of thiazole rings is 1. The molecule has 3 aromatic carbocycles. The number of nitrogens with one attached hydrogen (secondary N) is 2. The van der Waals surface area contributed by atoms with Crippen molar-refractivity contribution in [1.82, 2.24) is 4.98 Å². The van der Waals surface area contributed by atoms with Gasteiger partial charge in [0.1, 0.15) is 0 Å². The lowest BCUT2D eigenvalue weighted by Crippen LogP contribution is -2.29. The second-order valence-electron chi connectivity index (χ2n) is 6.62. The van der Waals surface area contributed by atoms with Crippen LogP contribution >= 0.6 is 11.3 Å². The number of nitrogens with zero attached hydrogens (tertiary/aromatic N) is 2. The first-order valence-electron chi connectivity index (χ1n) is 9.11. The molecule has 1 aliphatic heterocycles. The van der Waals surface area contributed by atoms with E-state index in [0.29, 0.717) is 33.1 Å². The predicted octanol–water partition coefficient (Wildman–Crippen LogP) is 4.74. The predicted molar refractivity (Wildman–Crippen MR) is 116 cm³/mol. The summed E-state index contributed by atoms with van der Waals surface area (Å²) in [6.07, 6.45) is 0. The number of urea groups is 1. The molecule has 0 atom stereocenters. The second kappa shape index (κ2) is 7.09. The highest BCUT2D eigenvalue weighted by Crippen LogP contribution is 2.35. The molecule has 1 aliphatic rings. The van der Waals surface area contributed by atoms with Gasteiger partial charge in [-0.05, 0) is 42.5 Å². The number of carbonyl (C=O) groups excluding carboxylic acids is 3. The van der Waals surface area contributed by atoms with Gasteiger partial charge in [-0.25, -0.2) is 14.7 Å². The average Bonchev–Trinajstić information content (AvgIpc) is 3.27. The molecule has 4 amide bonds. The van der Waals surface area contributed by atoms with Crippen LogP contribution in [0.1, 0.15) is 20.7 Å². The van der Waals surface area contributed by atoms with Crippen molar-refractivity contribution >= 4 is 55.9 Å². The highest BCUT2D eigenvalue weighted by molar-refractivity contribution is 7.22. The van der Waals surface area contributed by atoms with E-state index in [1.54, 1.807) is 54.6 Å². The molecule has 8 heteroatoms. The van der Waals surface area contributed by atoms with Crippen LogP contribution in [0.15, 0.2) is 72.8 Å². The van der Waals surface area contributed by atoms with E-state index in [2.05, 4.69) is 15.6 Å². The third-order valence-electron chi connectivity index (χ3n) is 4.65. The van der Waals surface area contributed by atoms with Crippen molar-refractivity contribution < 1.29 is 14.4 Å².